The normalized spacial score (nSPS) is 17.4. The van der Waals surface area contributed by atoms with Crippen LogP contribution < -0.4 is 20.3 Å². The number of carbonyl (C=O) groups is 1. The number of hydrogen-bond acceptors (Lipinski definition) is 9. The Morgan fingerprint density at radius 1 is 1.07 bits per heavy atom. The first kappa shape index (κ1) is 40.1. The number of carbonyl (C=O) groups excluding carboxylic acids is 1. The molecule has 0 radical (unpaired) electrons. The second-order valence-corrected chi connectivity index (χ2v) is 16.9. The molecule has 0 bridgehead atoms. The average Bonchev–Trinajstić information content (AvgIpc) is 3.66. The number of pyridine rings is 1. The number of aryl methyl sites for hydroxylation is 1. The van der Waals surface area contributed by atoms with Crippen molar-refractivity contribution in [1.82, 2.24) is 39.4 Å². The molecule has 8 rings (SSSR count). The third kappa shape index (κ3) is 7.23. The average molecular weight is 864 g/mol. The Balaban J connectivity index is 1.33. The van der Waals surface area contributed by atoms with E-state index in [-0.39, 0.29) is 73.8 Å². The highest BCUT2D eigenvalue weighted by Crippen LogP contribution is 2.68. The predicted molar refractivity (Wildman–Crippen MR) is 202 cm³/mol. The van der Waals surface area contributed by atoms with Crippen molar-refractivity contribution in [3.05, 3.63) is 97.8 Å². The Labute approximate surface area is 335 Å². The molecular weight excluding hydrogens is 832 g/mol. The number of halogens is 7. The number of alkyl halides is 4. The van der Waals surface area contributed by atoms with Crippen molar-refractivity contribution in [2.45, 2.75) is 63.6 Å². The number of anilines is 1. The molecule has 4 aromatic heterocycles. The highest BCUT2D eigenvalue weighted by atomic mass is 35.5. The lowest BCUT2D eigenvalue weighted by atomic mass is 10.0. The minimum Gasteiger partial charge on any atom is -0.475 e. The fourth-order valence-corrected chi connectivity index (χ4v) is 8.49. The van der Waals surface area contributed by atoms with Gasteiger partial charge in [-0.2, -0.15) is 24.0 Å². The topological polar surface area (TPSA) is 168 Å². The van der Waals surface area contributed by atoms with Gasteiger partial charge in [0.2, 0.25) is 21.8 Å². The first-order valence-electron chi connectivity index (χ1n) is 18.0. The van der Waals surface area contributed by atoms with Crippen molar-refractivity contribution in [3.63, 3.8) is 0 Å². The molecule has 1 fully saturated rings. The summed E-state index contributed by atoms with van der Waals surface area (Å²) in [4.78, 5) is 37.9. The molecule has 1 amide bonds. The van der Waals surface area contributed by atoms with Gasteiger partial charge in [0.1, 0.15) is 35.4 Å². The number of benzene rings is 2. The quantitative estimate of drug-likeness (QED) is 0.136. The van der Waals surface area contributed by atoms with E-state index in [4.69, 9.17) is 16.3 Å². The van der Waals surface area contributed by atoms with E-state index < -0.39 is 87.7 Å². The zero-order valence-electron chi connectivity index (χ0n) is 31.3. The second kappa shape index (κ2) is 14.2. The molecule has 1 saturated carbocycles. The monoisotopic (exact) mass is 863 g/mol. The van der Waals surface area contributed by atoms with E-state index in [0.29, 0.717) is 10.7 Å². The highest BCUT2D eigenvalue weighted by molar-refractivity contribution is 7.92. The highest BCUT2D eigenvalue weighted by Gasteiger charge is 2.67. The van der Waals surface area contributed by atoms with E-state index in [1.54, 1.807) is 13.8 Å². The van der Waals surface area contributed by atoms with Crippen LogP contribution in [0.4, 0.5) is 32.2 Å². The molecule has 0 aliphatic heterocycles. The maximum absolute atomic E-state index is 15.4. The number of amides is 1. The number of aromatic nitrogens is 7. The summed E-state index contributed by atoms with van der Waals surface area (Å²) in [6.45, 7) is 2.47. The van der Waals surface area contributed by atoms with E-state index >= 15 is 8.78 Å². The molecule has 310 valence electrons. The first-order chi connectivity index (χ1) is 27.7. The van der Waals surface area contributed by atoms with Crippen LogP contribution in [0.15, 0.2) is 47.3 Å². The number of fused-ring (bicyclic) bond motifs is 5. The van der Waals surface area contributed by atoms with Gasteiger partial charge in [-0.1, -0.05) is 11.6 Å². The third-order valence-corrected chi connectivity index (χ3v) is 10.9. The minimum absolute atomic E-state index is 0.00651. The zero-order chi connectivity index (χ0) is 42.5. The molecule has 6 aromatic rings. The SMILES string of the molecule is CC(C)Oc1ccc2c(=O)n(-c3ccc(Cl)c4c(NS(C)(=O)=O)nn(C)c34)c([C@H](Cc3cc(F)cc(F)c3)NC(=O)Cn3nc(C(F)F)c4c3C(F)(F)[C@@H]3C[C@H]43)nc2n1. The summed E-state index contributed by atoms with van der Waals surface area (Å²) < 4.78 is 124. The van der Waals surface area contributed by atoms with Crippen molar-refractivity contribution in [2.24, 2.45) is 13.0 Å². The van der Waals surface area contributed by atoms with Crippen LogP contribution in [0.1, 0.15) is 67.0 Å². The molecule has 14 nitrogen and oxygen atoms in total. The molecule has 2 aromatic carbocycles. The van der Waals surface area contributed by atoms with Gasteiger partial charge >= 0.3 is 0 Å². The fourth-order valence-electron chi connectivity index (χ4n) is 7.75. The maximum atomic E-state index is 15.4. The Hall–Kier alpha value is -5.70. The summed E-state index contributed by atoms with van der Waals surface area (Å²) in [5.74, 6) is -9.07. The van der Waals surface area contributed by atoms with Gasteiger partial charge in [0, 0.05) is 37.1 Å². The number of sulfonamides is 1. The summed E-state index contributed by atoms with van der Waals surface area (Å²) in [6.07, 6.45) is -3.16. The minimum atomic E-state index is -3.91. The van der Waals surface area contributed by atoms with Crippen molar-refractivity contribution >= 4 is 55.3 Å². The number of nitrogens with one attached hydrogen (secondary N) is 2. The Bertz CT molecular complexity index is 2880. The van der Waals surface area contributed by atoms with E-state index in [1.165, 1.54) is 36.0 Å². The fraction of sp³-hybridized carbons (Fsp3) is 0.351. The van der Waals surface area contributed by atoms with E-state index in [1.807, 2.05) is 0 Å². The molecular formula is C37H32ClF6N9O5S. The lowest BCUT2D eigenvalue weighted by Gasteiger charge is -2.24. The third-order valence-electron chi connectivity index (χ3n) is 10.00. The van der Waals surface area contributed by atoms with Gasteiger partial charge in [-0.15, -0.1) is 0 Å². The van der Waals surface area contributed by atoms with Crippen molar-refractivity contribution in [1.29, 1.82) is 0 Å². The van der Waals surface area contributed by atoms with Gasteiger partial charge in [-0.05, 0) is 62.1 Å². The van der Waals surface area contributed by atoms with Crippen LogP contribution in [0.5, 0.6) is 5.88 Å². The zero-order valence-corrected chi connectivity index (χ0v) is 32.8. The van der Waals surface area contributed by atoms with Crippen LogP contribution in [0.2, 0.25) is 5.02 Å². The van der Waals surface area contributed by atoms with Crippen molar-refractivity contribution in [2.75, 3.05) is 11.0 Å². The van der Waals surface area contributed by atoms with Gasteiger partial charge < -0.3 is 10.1 Å². The molecule has 4 heterocycles. The van der Waals surface area contributed by atoms with Crippen LogP contribution in [-0.2, 0) is 40.8 Å². The molecule has 2 N–H and O–H groups in total. The smallest absolute Gasteiger partial charge is 0.293 e. The van der Waals surface area contributed by atoms with Crippen LogP contribution in [-0.4, -0.2) is 60.8 Å². The first-order valence-corrected chi connectivity index (χ1v) is 20.2. The Morgan fingerprint density at radius 2 is 1.78 bits per heavy atom. The maximum Gasteiger partial charge on any atom is 0.293 e. The van der Waals surface area contributed by atoms with Crippen LogP contribution in [0, 0.1) is 17.6 Å². The van der Waals surface area contributed by atoms with Gasteiger partial charge in [-0.25, -0.2) is 31.0 Å². The van der Waals surface area contributed by atoms with Crippen molar-refractivity contribution in [3.8, 4) is 11.6 Å². The van der Waals surface area contributed by atoms with E-state index in [2.05, 4.69) is 30.2 Å². The molecule has 0 saturated heterocycles. The lowest BCUT2D eigenvalue weighted by molar-refractivity contribution is -0.123. The number of nitrogens with zero attached hydrogens (tertiary/aromatic N) is 7. The molecule has 0 unspecified atom stereocenters. The number of ether oxygens (including phenoxy) is 1. The van der Waals surface area contributed by atoms with Gasteiger partial charge in [0.05, 0.1) is 45.4 Å². The Morgan fingerprint density at radius 3 is 2.44 bits per heavy atom. The van der Waals surface area contributed by atoms with Crippen LogP contribution in [0.3, 0.4) is 0 Å². The van der Waals surface area contributed by atoms with Crippen LogP contribution >= 0.6 is 11.6 Å². The van der Waals surface area contributed by atoms with E-state index in [9.17, 15) is 35.6 Å². The standard InChI is InChI=1S/C37H32ClF6N9O5S/c1-15(2)58-26-8-5-19-33(46-26)47-35(53(36(19)55)24-7-6-22(38)28-30(24)51(3)49-34(28)50-59(4,56)57)23(11-16-9-17(39)12-18(40)10-16)45-25(54)14-52-31-27(29(48-52)32(41)42)20-13-21(20)37(31,43)44/h5-10,12,15,20-21,23,32H,11,13-14H2,1-4H3,(H,45,54)(H,49,50)/t20-,21+,23-/m0/s1. The summed E-state index contributed by atoms with van der Waals surface area (Å²) in [5, 5.41) is 10.6. The molecule has 22 heteroatoms. The molecule has 2 aliphatic rings. The largest absolute Gasteiger partial charge is 0.475 e. The molecule has 0 spiro atoms. The Kier molecular flexibility index (Phi) is 9.68. The summed E-state index contributed by atoms with van der Waals surface area (Å²) in [5.41, 5.74) is -2.90. The molecule has 2 aliphatic carbocycles. The summed E-state index contributed by atoms with van der Waals surface area (Å²) in [6, 6.07) is 6.56. The molecule has 59 heavy (non-hydrogen) atoms. The van der Waals surface area contributed by atoms with Gasteiger partial charge in [0.25, 0.3) is 17.9 Å². The molecule has 3 atom stereocenters. The van der Waals surface area contributed by atoms with Gasteiger partial charge in [0.15, 0.2) is 11.5 Å². The predicted octanol–water partition coefficient (Wildman–Crippen LogP) is 6.20. The van der Waals surface area contributed by atoms with Gasteiger partial charge in [-0.3, -0.25) is 28.2 Å². The summed E-state index contributed by atoms with van der Waals surface area (Å²) >= 11 is 6.58. The summed E-state index contributed by atoms with van der Waals surface area (Å²) in [7, 11) is -2.47. The van der Waals surface area contributed by atoms with E-state index in [0.717, 1.165) is 23.0 Å². The lowest BCUT2D eigenvalue weighted by Crippen LogP contribution is -2.38. The number of hydrogen-bond donors (Lipinski definition) is 2. The van der Waals surface area contributed by atoms with Crippen LogP contribution in [0.25, 0.3) is 27.6 Å². The van der Waals surface area contributed by atoms with Crippen molar-refractivity contribution < 1.29 is 44.3 Å². The second-order valence-electron chi connectivity index (χ2n) is 14.7. The number of rotatable bonds is 12.